The maximum atomic E-state index is 5.90. The summed E-state index contributed by atoms with van der Waals surface area (Å²) in [6, 6.07) is 9.76. The molecule has 0 fully saturated rings. The molecule has 0 aliphatic rings. The highest BCUT2D eigenvalue weighted by atomic mass is 79.9. The first-order valence-corrected chi connectivity index (χ1v) is 7.09. The first-order chi connectivity index (χ1) is 9.15. The highest BCUT2D eigenvalue weighted by molar-refractivity contribution is 9.10. The van der Waals surface area contributed by atoms with Crippen molar-refractivity contribution in [1.82, 2.24) is 9.97 Å². The van der Waals surface area contributed by atoms with Crippen LogP contribution >= 0.6 is 15.9 Å². The second-order valence-corrected chi connectivity index (χ2v) is 4.98. The predicted octanol–water partition coefficient (Wildman–Crippen LogP) is 3.33. The normalized spacial score (nSPS) is 10.5. The topological polar surface area (TPSA) is 55.0 Å². The summed E-state index contributed by atoms with van der Waals surface area (Å²) in [5.74, 6) is 1.17. The quantitative estimate of drug-likeness (QED) is 0.938. The molecule has 0 aliphatic carbocycles. The van der Waals surface area contributed by atoms with Crippen molar-refractivity contribution in [2.75, 3.05) is 23.7 Å². The summed E-state index contributed by atoms with van der Waals surface area (Å²) in [5.41, 5.74) is 7.75. The number of hydrogen-bond donors (Lipinski definition) is 1. The zero-order valence-corrected chi connectivity index (χ0v) is 12.7. The molecule has 5 heteroatoms. The van der Waals surface area contributed by atoms with Crippen molar-refractivity contribution in [2.45, 2.75) is 13.8 Å². The minimum absolute atomic E-state index is 0.489. The number of nitrogen functional groups attached to an aromatic ring is 1. The Bertz CT molecular complexity index is 567. The number of nitrogens with two attached hydrogens (primary N) is 1. The molecule has 100 valence electrons. The van der Waals surface area contributed by atoms with E-state index in [0.29, 0.717) is 11.8 Å². The largest absolute Gasteiger partial charge is 0.384 e. The summed E-state index contributed by atoms with van der Waals surface area (Å²) in [5, 5.41) is 0. The SMILES string of the molecule is CCN(CC)c1nc(N)cc(-c2ccccc2Br)n1. The lowest BCUT2D eigenvalue weighted by molar-refractivity contribution is 0.823. The molecular weight excluding hydrogens is 304 g/mol. The van der Waals surface area contributed by atoms with Gasteiger partial charge in [0.1, 0.15) is 5.82 Å². The highest BCUT2D eigenvalue weighted by Gasteiger charge is 2.11. The van der Waals surface area contributed by atoms with Gasteiger partial charge in [-0.2, -0.15) is 4.98 Å². The first-order valence-electron chi connectivity index (χ1n) is 6.30. The molecule has 0 unspecified atom stereocenters. The molecule has 4 nitrogen and oxygen atoms in total. The number of halogens is 1. The Morgan fingerprint density at radius 3 is 2.47 bits per heavy atom. The van der Waals surface area contributed by atoms with Crippen molar-refractivity contribution in [1.29, 1.82) is 0 Å². The Kier molecular flexibility index (Phi) is 4.37. The molecule has 0 bridgehead atoms. The summed E-state index contributed by atoms with van der Waals surface area (Å²) in [4.78, 5) is 11.0. The molecule has 1 aromatic carbocycles. The Hall–Kier alpha value is -1.62. The van der Waals surface area contributed by atoms with Crippen molar-refractivity contribution in [3.05, 3.63) is 34.8 Å². The van der Waals surface area contributed by atoms with Crippen LogP contribution in [0, 0.1) is 0 Å². The van der Waals surface area contributed by atoms with Gasteiger partial charge in [-0.25, -0.2) is 4.98 Å². The molecule has 0 saturated heterocycles. The van der Waals surface area contributed by atoms with E-state index >= 15 is 0 Å². The van der Waals surface area contributed by atoms with E-state index < -0.39 is 0 Å². The Morgan fingerprint density at radius 1 is 1.16 bits per heavy atom. The fourth-order valence-electron chi connectivity index (χ4n) is 1.91. The van der Waals surface area contributed by atoms with Crippen LogP contribution in [0.5, 0.6) is 0 Å². The predicted molar refractivity (Wildman–Crippen MR) is 83.1 cm³/mol. The van der Waals surface area contributed by atoms with E-state index in [2.05, 4.69) is 44.6 Å². The van der Waals surface area contributed by atoms with Gasteiger partial charge in [-0.1, -0.05) is 34.1 Å². The van der Waals surface area contributed by atoms with Crippen LogP contribution < -0.4 is 10.6 Å². The fourth-order valence-corrected chi connectivity index (χ4v) is 2.40. The van der Waals surface area contributed by atoms with Gasteiger partial charge >= 0.3 is 0 Å². The highest BCUT2D eigenvalue weighted by Crippen LogP contribution is 2.28. The second kappa shape index (κ2) is 6.02. The van der Waals surface area contributed by atoms with E-state index in [4.69, 9.17) is 5.73 Å². The Labute approximate surface area is 121 Å². The third-order valence-electron chi connectivity index (χ3n) is 2.93. The monoisotopic (exact) mass is 320 g/mol. The van der Waals surface area contributed by atoms with Crippen molar-refractivity contribution in [3.8, 4) is 11.3 Å². The molecule has 0 radical (unpaired) electrons. The van der Waals surface area contributed by atoms with Crippen molar-refractivity contribution < 1.29 is 0 Å². The number of rotatable bonds is 4. The Morgan fingerprint density at radius 2 is 1.84 bits per heavy atom. The lowest BCUT2D eigenvalue weighted by atomic mass is 10.1. The van der Waals surface area contributed by atoms with Gasteiger partial charge in [0.05, 0.1) is 5.69 Å². The minimum atomic E-state index is 0.489. The van der Waals surface area contributed by atoms with Gasteiger partial charge in [-0.15, -0.1) is 0 Å². The summed E-state index contributed by atoms with van der Waals surface area (Å²) in [7, 11) is 0. The number of anilines is 2. The summed E-state index contributed by atoms with van der Waals surface area (Å²) in [6.07, 6.45) is 0. The summed E-state index contributed by atoms with van der Waals surface area (Å²) >= 11 is 3.54. The minimum Gasteiger partial charge on any atom is -0.384 e. The van der Waals surface area contributed by atoms with E-state index in [1.165, 1.54) is 0 Å². The third-order valence-corrected chi connectivity index (χ3v) is 3.62. The molecule has 2 N–H and O–H groups in total. The molecule has 0 spiro atoms. The average Bonchev–Trinajstić information content (AvgIpc) is 2.40. The zero-order valence-electron chi connectivity index (χ0n) is 11.1. The molecule has 2 rings (SSSR count). The van der Waals surface area contributed by atoms with Crippen LogP contribution in [0.2, 0.25) is 0 Å². The number of hydrogen-bond acceptors (Lipinski definition) is 4. The van der Waals surface area contributed by atoms with Gasteiger partial charge in [0.15, 0.2) is 0 Å². The van der Waals surface area contributed by atoms with Crippen LogP contribution in [0.4, 0.5) is 11.8 Å². The molecule has 1 heterocycles. The molecule has 0 amide bonds. The molecule has 19 heavy (non-hydrogen) atoms. The lowest BCUT2D eigenvalue weighted by Gasteiger charge is -2.19. The van der Waals surface area contributed by atoms with E-state index in [0.717, 1.165) is 28.8 Å². The van der Waals surface area contributed by atoms with Gasteiger partial charge in [0.2, 0.25) is 5.95 Å². The van der Waals surface area contributed by atoms with Crippen LogP contribution in [0.25, 0.3) is 11.3 Å². The van der Waals surface area contributed by atoms with Crippen LogP contribution in [0.1, 0.15) is 13.8 Å². The summed E-state index contributed by atoms with van der Waals surface area (Å²) < 4.78 is 0.999. The van der Waals surface area contributed by atoms with Crippen LogP contribution in [-0.2, 0) is 0 Å². The number of aromatic nitrogens is 2. The van der Waals surface area contributed by atoms with Gasteiger partial charge in [0.25, 0.3) is 0 Å². The van der Waals surface area contributed by atoms with Gasteiger partial charge in [0, 0.05) is 29.2 Å². The first kappa shape index (κ1) is 13.8. The standard InChI is InChI=1S/C14H17BrN4/c1-3-19(4-2)14-17-12(9-13(16)18-14)10-7-5-6-8-11(10)15/h5-9H,3-4H2,1-2H3,(H2,16,17,18). The van der Waals surface area contributed by atoms with Crippen molar-refractivity contribution in [3.63, 3.8) is 0 Å². The van der Waals surface area contributed by atoms with E-state index in [9.17, 15) is 0 Å². The van der Waals surface area contributed by atoms with E-state index in [1.54, 1.807) is 6.07 Å². The van der Waals surface area contributed by atoms with Gasteiger partial charge < -0.3 is 10.6 Å². The molecule has 1 aromatic heterocycles. The van der Waals surface area contributed by atoms with E-state index in [-0.39, 0.29) is 0 Å². The smallest absolute Gasteiger partial charge is 0.227 e. The molecule has 0 atom stereocenters. The summed E-state index contributed by atoms with van der Waals surface area (Å²) in [6.45, 7) is 5.87. The van der Waals surface area contributed by atoms with Crippen molar-refractivity contribution >= 4 is 27.7 Å². The van der Waals surface area contributed by atoms with Crippen molar-refractivity contribution in [2.24, 2.45) is 0 Å². The number of nitrogens with zero attached hydrogens (tertiary/aromatic N) is 3. The third kappa shape index (κ3) is 3.04. The molecule has 0 saturated carbocycles. The second-order valence-electron chi connectivity index (χ2n) is 4.13. The Balaban J connectivity index is 2.51. The number of benzene rings is 1. The molecule has 0 aliphatic heterocycles. The van der Waals surface area contributed by atoms with Crippen LogP contribution in [-0.4, -0.2) is 23.1 Å². The van der Waals surface area contributed by atoms with Crippen LogP contribution in [0.3, 0.4) is 0 Å². The molecular formula is C14H17BrN4. The maximum Gasteiger partial charge on any atom is 0.227 e. The average molecular weight is 321 g/mol. The van der Waals surface area contributed by atoms with Crippen LogP contribution in [0.15, 0.2) is 34.8 Å². The fraction of sp³-hybridized carbons (Fsp3) is 0.286. The van der Waals surface area contributed by atoms with Gasteiger partial charge in [-0.05, 0) is 19.9 Å². The van der Waals surface area contributed by atoms with E-state index in [1.807, 2.05) is 24.3 Å². The zero-order chi connectivity index (χ0) is 13.8. The van der Waals surface area contributed by atoms with Gasteiger partial charge in [-0.3, -0.25) is 0 Å². The maximum absolute atomic E-state index is 5.90. The molecule has 2 aromatic rings. The lowest BCUT2D eigenvalue weighted by Crippen LogP contribution is -2.24.